The molecule has 8 nitrogen and oxygen atoms in total. The second-order valence-corrected chi connectivity index (χ2v) is 6.81. The molecule has 1 aliphatic rings. The number of hydroxylamine groups is 1. The van der Waals surface area contributed by atoms with Gasteiger partial charge in [-0.15, -0.1) is 0 Å². The van der Waals surface area contributed by atoms with E-state index < -0.39 is 17.9 Å². The predicted octanol–water partition coefficient (Wildman–Crippen LogP) is 1.53. The fraction of sp³-hybridized carbons (Fsp3) is 0.211. The van der Waals surface area contributed by atoms with Gasteiger partial charge in [-0.2, -0.15) is 5.10 Å². The van der Waals surface area contributed by atoms with Crippen LogP contribution in [0, 0.1) is 12.1 Å². The summed E-state index contributed by atoms with van der Waals surface area (Å²) in [5, 5.41) is 18.6. The van der Waals surface area contributed by atoms with Crippen molar-refractivity contribution in [2.45, 2.75) is 20.0 Å². The number of aryl methyl sites for hydroxylation is 1. The summed E-state index contributed by atoms with van der Waals surface area (Å²) >= 11 is 5.91. The van der Waals surface area contributed by atoms with Gasteiger partial charge in [0.2, 0.25) is 0 Å². The summed E-state index contributed by atoms with van der Waals surface area (Å²) in [6, 6.07) is 9.89. The number of anilines is 1. The lowest BCUT2D eigenvalue weighted by atomic mass is 10.1. The van der Waals surface area contributed by atoms with Gasteiger partial charge in [0.1, 0.15) is 11.4 Å². The van der Waals surface area contributed by atoms with E-state index >= 15 is 0 Å². The highest BCUT2D eigenvalue weighted by Crippen LogP contribution is 2.25. The zero-order valence-electron chi connectivity index (χ0n) is 15.5. The predicted molar refractivity (Wildman–Crippen MR) is 106 cm³/mol. The minimum absolute atomic E-state index is 0.0290. The third-order valence-corrected chi connectivity index (χ3v) is 4.47. The van der Waals surface area contributed by atoms with Gasteiger partial charge in [-0.05, 0) is 43.7 Å². The van der Waals surface area contributed by atoms with Gasteiger partial charge in [-0.3, -0.25) is 9.59 Å². The van der Waals surface area contributed by atoms with Crippen molar-refractivity contribution >= 4 is 40.5 Å². The number of halogens is 1. The van der Waals surface area contributed by atoms with Gasteiger partial charge in [0.25, 0.3) is 11.8 Å². The second-order valence-electron chi connectivity index (χ2n) is 6.38. The van der Waals surface area contributed by atoms with Gasteiger partial charge in [-0.1, -0.05) is 11.6 Å². The number of nitrogens with zero attached hydrogens (tertiary/aromatic N) is 1. The quantitative estimate of drug-likeness (QED) is 0.659. The van der Waals surface area contributed by atoms with Gasteiger partial charge in [0.05, 0.1) is 12.7 Å². The van der Waals surface area contributed by atoms with Crippen LogP contribution in [-0.4, -0.2) is 30.7 Å². The fourth-order valence-electron chi connectivity index (χ4n) is 2.67. The van der Waals surface area contributed by atoms with E-state index in [-0.39, 0.29) is 10.8 Å². The Balaban J connectivity index is 1.73. The van der Waals surface area contributed by atoms with E-state index in [1.807, 2.05) is 6.92 Å². The molecule has 146 valence electrons. The highest BCUT2D eigenvalue weighted by molar-refractivity contribution is 6.53. The normalized spacial score (nSPS) is 16.3. The Morgan fingerprint density at radius 2 is 2.07 bits per heavy atom. The zero-order chi connectivity index (χ0) is 20.4. The average molecular weight is 403 g/mol. The van der Waals surface area contributed by atoms with Crippen molar-refractivity contribution in [3.63, 3.8) is 0 Å². The second kappa shape index (κ2) is 7.97. The van der Waals surface area contributed by atoms with Crippen LogP contribution >= 0.6 is 11.6 Å². The molecule has 2 aromatic carbocycles. The number of hydrogen-bond acceptors (Lipinski definition) is 5. The van der Waals surface area contributed by atoms with Crippen LogP contribution in [0.3, 0.4) is 0 Å². The molecule has 2 atom stereocenters. The molecule has 2 amide bonds. The molecule has 28 heavy (non-hydrogen) atoms. The molecule has 2 aromatic rings. The van der Waals surface area contributed by atoms with Gasteiger partial charge in [0.15, 0.2) is 11.8 Å². The minimum atomic E-state index is -0.850. The summed E-state index contributed by atoms with van der Waals surface area (Å²) in [4.78, 5) is 24.5. The lowest BCUT2D eigenvalue weighted by Gasteiger charge is -2.16. The topological polar surface area (TPSA) is 107 Å². The molecular formula is C19H19ClN4O4. The molecular weight excluding hydrogens is 384 g/mol. The fourth-order valence-corrected chi connectivity index (χ4v) is 2.90. The van der Waals surface area contributed by atoms with Gasteiger partial charge in [-0.25, -0.2) is 5.43 Å². The summed E-state index contributed by atoms with van der Waals surface area (Å²) < 4.78 is 5.64. The SMILES string of the molecule is Cc1cc(Cl)ccc1OC(C)C(=O)N/N=C1/C(=O)Nc2ccc([NH+](C)[O-])cc21. The maximum atomic E-state index is 12.3. The van der Waals surface area contributed by atoms with Crippen molar-refractivity contribution in [1.29, 1.82) is 0 Å². The van der Waals surface area contributed by atoms with Crippen molar-refractivity contribution in [1.82, 2.24) is 5.43 Å². The first-order chi connectivity index (χ1) is 13.3. The lowest BCUT2D eigenvalue weighted by molar-refractivity contribution is -0.751. The van der Waals surface area contributed by atoms with E-state index in [2.05, 4.69) is 15.8 Å². The third kappa shape index (κ3) is 4.14. The van der Waals surface area contributed by atoms with Crippen LogP contribution in [0.15, 0.2) is 41.5 Å². The summed E-state index contributed by atoms with van der Waals surface area (Å²) in [7, 11) is 1.43. The van der Waals surface area contributed by atoms with Crippen LogP contribution in [0.4, 0.5) is 11.4 Å². The molecule has 2 unspecified atom stereocenters. The first kappa shape index (κ1) is 19.8. The number of hydrazone groups is 1. The highest BCUT2D eigenvalue weighted by atomic mass is 35.5. The van der Waals surface area contributed by atoms with Crippen molar-refractivity contribution in [3.05, 3.63) is 57.8 Å². The van der Waals surface area contributed by atoms with Gasteiger partial charge >= 0.3 is 0 Å². The number of carbonyl (C=O) groups is 2. The van der Waals surface area contributed by atoms with Crippen LogP contribution in [0.5, 0.6) is 5.75 Å². The monoisotopic (exact) mass is 402 g/mol. The molecule has 0 radical (unpaired) electrons. The average Bonchev–Trinajstić information content (AvgIpc) is 2.96. The summed E-state index contributed by atoms with van der Waals surface area (Å²) in [5.41, 5.74) is 4.61. The molecule has 0 saturated heterocycles. The Morgan fingerprint density at radius 1 is 1.32 bits per heavy atom. The Kier molecular flexibility index (Phi) is 5.64. The molecule has 0 saturated carbocycles. The molecule has 1 heterocycles. The molecule has 0 aromatic heterocycles. The molecule has 1 aliphatic heterocycles. The number of hydrogen-bond donors (Lipinski definition) is 3. The van der Waals surface area contributed by atoms with E-state index in [4.69, 9.17) is 16.3 Å². The standard InChI is InChI=1S/C19H19ClN4O4/c1-10-8-12(20)4-7-16(10)28-11(2)18(25)23-22-17-14-9-13(24(3)27)5-6-15(14)21-19(17)26/h4-9,11,24H,1-3H3,(H,23,25)(H,21,22,26). The summed E-state index contributed by atoms with van der Waals surface area (Å²) in [6.07, 6.45) is -0.850. The molecule has 3 rings (SSSR count). The Hall–Kier alpha value is -2.94. The molecule has 0 bridgehead atoms. The third-order valence-electron chi connectivity index (χ3n) is 4.23. The number of quaternary nitrogens is 1. The van der Waals surface area contributed by atoms with Crippen molar-refractivity contribution in [2.75, 3.05) is 12.4 Å². The number of nitrogens with one attached hydrogen (secondary N) is 3. The van der Waals surface area contributed by atoms with Crippen molar-refractivity contribution in [2.24, 2.45) is 5.10 Å². The number of carbonyl (C=O) groups excluding carboxylic acids is 2. The number of ether oxygens (including phenoxy) is 1. The highest BCUT2D eigenvalue weighted by Gasteiger charge is 2.28. The number of fused-ring (bicyclic) bond motifs is 1. The van der Waals surface area contributed by atoms with E-state index in [9.17, 15) is 14.8 Å². The zero-order valence-corrected chi connectivity index (χ0v) is 16.3. The Bertz CT molecular complexity index is 974. The Morgan fingerprint density at radius 3 is 2.75 bits per heavy atom. The first-order valence-corrected chi connectivity index (χ1v) is 8.91. The summed E-state index contributed by atoms with van der Waals surface area (Å²) in [6.45, 7) is 3.39. The van der Waals surface area contributed by atoms with Crippen LogP contribution in [0.2, 0.25) is 5.02 Å². The lowest BCUT2D eigenvalue weighted by Crippen LogP contribution is -2.98. The smallest absolute Gasteiger partial charge is 0.280 e. The molecule has 0 aliphatic carbocycles. The van der Waals surface area contributed by atoms with E-state index in [0.717, 1.165) is 5.56 Å². The van der Waals surface area contributed by atoms with Gasteiger partial charge < -0.3 is 20.3 Å². The Labute approximate surface area is 166 Å². The minimum Gasteiger partial charge on any atom is -0.629 e. The van der Waals surface area contributed by atoms with E-state index in [1.165, 1.54) is 7.05 Å². The molecule has 9 heteroatoms. The number of rotatable bonds is 5. The van der Waals surface area contributed by atoms with Crippen LogP contribution < -0.4 is 20.5 Å². The molecule has 0 fully saturated rings. The van der Waals surface area contributed by atoms with Gasteiger partial charge in [0, 0.05) is 22.7 Å². The molecule has 3 N–H and O–H groups in total. The van der Waals surface area contributed by atoms with Crippen molar-refractivity contribution < 1.29 is 19.4 Å². The van der Waals surface area contributed by atoms with Crippen LogP contribution in [-0.2, 0) is 9.59 Å². The maximum absolute atomic E-state index is 12.3. The number of benzene rings is 2. The van der Waals surface area contributed by atoms with E-state index in [0.29, 0.717) is 27.7 Å². The van der Waals surface area contributed by atoms with Crippen molar-refractivity contribution in [3.8, 4) is 5.75 Å². The van der Waals surface area contributed by atoms with Crippen LogP contribution in [0.1, 0.15) is 18.1 Å². The number of amides is 2. The maximum Gasteiger partial charge on any atom is 0.280 e. The largest absolute Gasteiger partial charge is 0.629 e. The van der Waals surface area contributed by atoms with E-state index in [1.54, 1.807) is 43.3 Å². The molecule has 0 spiro atoms. The first-order valence-electron chi connectivity index (χ1n) is 8.53. The summed E-state index contributed by atoms with van der Waals surface area (Å²) in [5.74, 6) is -0.460. The van der Waals surface area contributed by atoms with Crippen LogP contribution in [0.25, 0.3) is 0 Å².